The fourth-order valence-electron chi connectivity index (χ4n) is 4.49. The molecule has 2 N–H and O–H groups in total. The van der Waals surface area contributed by atoms with Crippen LogP contribution in [0.4, 0.5) is 10.5 Å². The van der Waals surface area contributed by atoms with Crippen LogP contribution >= 0.6 is 22.6 Å². The number of anilines is 1. The number of rotatable bonds is 9. The molecule has 0 radical (unpaired) electrons. The third-order valence-electron chi connectivity index (χ3n) is 6.47. The van der Waals surface area contributed by atoms with E-state index in [1.54, 1.807) is 6.07 Å². The molecule has 3 rings (SSSR count). The summed E-state index contributed by atoms with van der Waals surface area (Å²) in [4.78, 5) is 18.0. The van der Waals surface area contributed by atoms with Crippen molar-refractivity contribution in [2.24, 2.45) is 0 Å². The molecule has 2 aromatic carbocycles. The number of benzene rings is 2. The largest absolute Gasteiger partial charge is 0.364 e. The maximum atomic E-state index is 13.5. The number of hydrogen-bond acceptors (Lipinski definition) is 4. The van der Waals surface area contributed by atoms with Gasteiger partial charge in [-0.25, -0.2) is 4.79 Å². The molecule has 6 nitrogen and oxygen atoms in total. The first-order valence-electron chi connectivity index (χ1n) is 11.8. The molecule has 2 unspecified atom stereocenters. The minimum Gasteiger partial charge on any atom is -0.364 e. The average Bonchev–Trinajstić information content (AvgIpc) is 2.84. The maximum Gasteiger partial charge on any atom is 0.322 e. The summed E-state index contributed by atoms with van der Waals surface area (Å²) in [5.74, 6) is 0. The third kappa shape index (κ3) is 7.15. The highest BCUT2D eigenvalue weighted by Crippen LogP contribution is 2.26. The number of urea groups is 1. The number of hydrogen-bond donors (Lipinski definition) is 2. The Morgan fingerprint density at radius 2 is 1.94 bits per heavy atom. The van der Waals surface area contributed by atoms with E-state index in [0.717, 1.165) is 40.8 Å². The lowest BCUT2D eigenvalue weighted by atomic mass is 10.00. The van der Waals surface area contributed by atoms with E-state index in [0.29, 0.717) is 18.2 Å². The van der Waals surface area contributed by atoms with Crippen molar-refractivity contribution < 1.29 is 14.6 Å². The number of nitrogens with one attached hydrogen (secondary N) is 1. The molecule has 1 aliphatic heterocycles. The Balaban J connectivity index is 1.73. The van der Waals surface area contributed by atoms with Gasteiger partial charge in [-0.1, -0.05) is 49.7 Å². The van der Waals surface area contributed by atoms with E-state index in [1.807, 2.05) is 35.2 Å². The molecule has 1 saturated heterocycles. The molecule has 2 amide bonds. The fourth-order valence-corrected chi connectivity index (χ4v) is 5.17. The van der Waals surface area contributed by atoms with Crippen molar-refractivity contribution >= 4 is 34.3 Å². The van der Waals surface area contributed by atoms with Crippen LogP contribution in [0.2, 0.25) is 0 Å². The van der Waals surface area contributed by atoms with Gasteiger partial charge in [-0.3, -0.25) is 0 Å². The summed E-state index contributed by atoms with van der Waals surface area (Å²) in [7, 11) is 1.46. The van der Waals surface area contributed by atoms with E-state index in [-0.39, 0.29) is 12.1 Å². The van der Waals surface area contributed by atoms with E-state index in [1.165, 1.54) is 20.0 Å². The van der Waals surface area contributed by atoms with E-state index < -0.39 is 6.29 Å². The molecular weight excluding hydrogens is 529 g/mol. The molecular formula is C26H36IN3O3. The van der Waals surface area contributed by atoms with Gasteiger partial charge in [-0.05, 0) is 66.5 Å². The number of piperidine rings is 1. The summed E-state index contributed by atoms with van der Waals surface area (Å²) in [5, 5.41) is 13.0. The molecule has 0 bridgehead atoms. The number of nitrogens with zero attached hydrogens (tertiary/aromatic N) is 2. The summed E-state index contributed by atoms with van der Waals surface area (Å²) in [5.41, 5.74) is 2.53. The lowest BCUT2D eigenvalue weighted by Crippen LogP contribution is -2.50. The zero-order chi connectivity index (χ0) is 23.8. The monoisotopic (exact) mass is 565 g/mol. The molecule has 0 spiro atoms. The van der Waals surface area contributed by atoms with Crippen LogP contribution in [0.5, 0.6) is 0 Å². The van der Waals surface area contributed by atoms with E-state index in [9.17, 15) is 9.90 Å². The quantitative estimate of drug-likeness (QED) is 0.306. The van der Waals surface area contributed by atoms with Crippen LogP contribution in [0.25, 0.3) is 0 Å². The Hall–Kier alpha value is -1.68. The van der Waals surface area contributed by atoms with Crippen LogP contribution in [0, 0.1) is 3.57 Å². The standard InChI is InChI=1S/C26H36IN3O3/c1-4-8-19(2)29-15-13-22(14-16-29)30(18-20-9-6-5-7-10-20)26(32)28-24-12-11-21(17-23(24)27)25(31)33-3/h5-7,9-12,17,19,22,25,31H,4,8,13-16,18H2,1-3H3,(H,28,32). The molecule has 1 aliphatic rings. The topological polar surface area (TPSA) is 65.0 Å². The molecule has 0 aromatic heterocycles. The zero-order valence-corrected chi connectivity index (χ0v) is 22.0. The van der Waals surface area contributed by atoms with E-state index >= 15 is 0 Å². The molecule has 7 heteroatoms. The molecule has 1 fully saturated rings. The van der Waals surface area contributed by atoms with Gasteiger partial charge in [0.1, 0.15) is 0 Å². The molecule has 180 valence electrons. The van der Waals surface area contributed by atoms with Crippen molar-refractivity contribution in [3.63, 3.8) is 0 Å². The Kier molecular flexibility index (Phi) is 9.97. The van der Waals surface area contributed by atoms with Gasteiger partial charge in [0.05, 0.1) is 5.69 Å². The summed E-state index contributed by atoms with van der Waals surface area (Å²) >= 11 is 2.18. The smallest absolute Gasteiger partial charge is 0.322 e. The fraction of sp³-hybridized carbons (Fsp3) is 0.500. The summed E-state index contributed by atoms with van der Waals surface area (Å²) in [6.45, 7) is 7.17. The highest BCUT2D eigenvalue weighted by atomic mass is 127. The van der Waals surface area contributed by atoms with Crippen molar-refractivity contribution in [2.75, 3.05) is 25.5 Å². The van der Waals surface area contributed by atoms with Gasteiger partial charge in [0.15, 0.2) is 6.29 Å². The Morgan fingerprint density at radius 3 is 2.55 bits per heavy atom. The van der Waals surface area contributed by atoms with Crippen LogP contribution in [-0.4, -0.2) is 53.2 Å². The second kappa shape index (κ2) is 12.7. The second-order valence-electron chi connectivity index (χ2n) is 8.78. The number of aliphatic hydroxyl groups excluding tert-OH is 1. The lowest BCUT2D eigenvalue weighted by Gasteiger charge is -2.40. The predicted molar refractivity (Wildman–Crippen MR) is 141 cm³/mol. The van der Waals surface area contributed by atoms with Crippen molar-refractivity contribution in [2.45, 2.75) is 64.4 Å². The first kappa shape index (κ1) is 25.9. The number of halogens is 1. The molecule has 0 aliphatic carbocycles. The molecule has 2 atom stereocenters. The second-order valence-corrected chi connectivity index (χ2v) is 9.94. The maximum absolute atomic E-state index is 13.5. The van der Waals surface area contributed by atoms with Crippen molar-refractivity contribution in [3.8, 4) is 0 Å². The Labute approximate surface area is 211 Å². The van der Waals surface area contributed by atoms with E-state index in [4.69, 9.17) is 4.74 Å². The van der Waals surface area contributed by atoms with Crippen LogP contribution in [0.15, 0.2) is 48.5 Å². The normalized spacial score (nSPS) is 16.9. The van der Waals surface area contributed by atoms with Crippen molar-refractivity contribution in [1.29, 1.82) is 0 Å². The SMILES string of the molecule is CCCC(C)N1CCC(N(Cc2ccccc2)C(=O)Nc2ccc(C(O)OC)cc2I)CC1. The lowest BCUT2D eigenvalue weighted by molar-refractivity contribution is -0.0769. The van der Waals surface area contributed by atoms with Crippen LogP contribution < -0.4 is 5.32 Å². The van der Waals surface area contributed by atoms with Gasteiger partial charge in [-0.15, -0.1) is 0 Å². The van der Waals surface area contributed by atoms with E-state index in [2.05, 4.69) is 58.8 Å². The molecule has 2 aromatic rings. The number of ether oxygens (including phenoxy) is 1. The van der Waals surface area contributed by atoms with Gasteiger partial charge in [0.25, 0.3) is 0 Å². The van der Waals surface area contributed by atoms with Crippen LogP contribution in [0.1, 0.15) is 56.9 Å². The molecule has 33 heavy (non-hydrogen) atoms. The number of carbonyl (C=O) groups is 1. The first-order valence-corrected chi connectivity index (χ1v) is 12.9. The summed E-state index contributed by atoms with van der Waals surface area (Å²) < 4.78 is 5.85. The van der Waals surface area contributed by atoms with Gasteiger partial charge in [-0.2, -0.15) is 0 Å². The Bertz CT molecular complexity index is 888. The van der Waals surface area contributed by atoms with Gasteiger partial charge >= 0.3 is 6.03 Å². The third-order valence-corrected chi connectivity index (χ3v) is 7.36. The van der Waals surface area contributed by atoms with Crippen LogP contribution in [-0.2, 0) is 11.3 Å². The number of aliphatic hydroxyl groups is 1. The summed E-state index contributed by atoms with van der Waals surface area (Å²) in [6, 6.07) is 16.3. The average molecular weight is 565 g/mol. The minimum atomic E-state index is -0.974. The first-order chi connectivity index (χ1) is 15.9. The predicted octanol–water partition coefficient (Wildman–Crippen LogP) is 5.62. The summed E-state index contributed by atoms with van der Waals surface area (Å²) in [6.07, 6.45) is 3.39. The number of carbonyl (C=O) groups excluding carboxylic acids is 1. The van der Waals surface area contributed by atoms with Gasteiger partial charge < -0.3 is 25.0 Å². The Morgan fingerprint density at radius 1 is 1.24 bits per heavy atom. The van der Waals surface area contributed by atoms with Crippen molar-refractivity contribution in [1.82, 2.24) is 9.80 Å². The number of amides is 2. The highest BCUT2D eigenvalue weighted by Gasteiger charge is 2.30. The zero-order valence-electron chi connectivity index (χ0n) is 19.8. The number of likely N-dealkylation sites (tertiary alicyclic amines) is 1. The highest BCUT2D eigenvalue weighted by molar-refractivity contribution is 14.1. The molecule has 0 saturated carbocycles. The minimum absolute atomic E-state index is 0.0862. The van der Waals surface area contributed by atoms with Crippen LogP contribution in [0.3, 0.4) is 0 Å². The van der Waals surface area contributed by atoms with Gasteiger partial charge in [0, 0.05) is 48.0 Å². The van der Waals surface area contributed by atoms with Crippen molar-refractivity contribution in [3.05, 3.63) is 63.2 Å². The number of methoxy groups -OCH3 is 1. The van der Waals surface area contributed by atoms with Gasteiger partial charge in [0.2, 0.25) is 0 Å². The molecule has 1 heterocycles.